The minimum Gasteiger partial charge on any atom is -0.394 e. The molecule has 0 saturated heterocycles. The highest BCUT2D eigenvalue weighted by Crippen LogP contribution is 2.02. The van der Waals surface area contributed by atoms with Gasteiger partial charge in [0, 0.05) is 0 Å². The van der Waals surface area contributed by atoms with Crippen molar-refractivity contribution in [3.63, 3.8) is 0 Å². The lowest BCUT2D eigenvalue weighted by atomic mass is 10.0. The fraction of sp³-hybridized carbons (Fsp3) is 0.800. The van der Waals surface area contributed by atoms with E-state index in [9.17, 15) is 9.59 Å². The molecular formula is C10H20O8. The SMILES string of the molecule is CC(=O)C(C)O.O=C[C@H](O)[C@@H](O)[C@H](O)[C@H](O)CO. The predicted octanol–water partition coefficient (Wildman–Crippen LogP) is -3.42. The van der Waals surface area contributed by atoms with Crippen molar-refractivity contribution in [3.05, 3.63) is 0 Å². The van der Waals surface area contributed by atoms with E-state index >= 15 is 0 Å². The lowest BCUT2D eigenvalue weighted by molar-refractivity contribution is -0.136. The third-order valence-corrected chi connectivity index (χ3v) is 2.01. The molecule has 0 radical (unpaired) electrons. The van der Waals surface area contributed by atoms with E-state index in [0.29, 0.717) is 0 Å². The lowest BCUT2D eigenvalue weighted by Gasteiger charge is -2.22. The van der Waals surface area contributed by atoms with E-state index in [2.05, 4.69) is 0 Å². The normalized spacial score (nSPS) is 18.7. The largest absolute Gasteiger partial charge is 0.394 e. The standard InChI is InChI=1S/C6H12O6.C4H8O2/c7-1-3(9)5(11)6(12)4(10)2-8;1-3(5)4(2)6/h1,3-6,8-12H,2H2;3,5H,1-2H3/t3-,4+,5+,6+;/m0./s1. The Morgan fingerprint density at radius 3 is 1.72 bits per heavy atom. The van der Waals surface area contributed by atoms with Crippen molar-refractivity contribution in [2.75, 3.05) is 6.61 Å². The van der Waals surface area contributed by atoms with E-state index in [0.717, 1.165) is 0 Å². The molecule has 0 heterocycles. The first kappa shape index (κ1) is 19.4. The maximum Gasteiger partial charge on any atom is 0.157 e. The summed E-state index contributed by atoms with van der Waals surface area (Å²) in [6, 6.07) is 0. The van der Waals surface area contributed by atoms with E-state index in [1.807, 2.05) is 0 Å². The summed E-state index contributed by atoms with van der Waals surface area (Å²) in [5.41, 5.74) is 0. The minimum absolute atomic E-state index is 0.0258. The van der Waals surface area contributed by atoms with Gasteiger partial charge in [-0.3, -0.25) is 4.79 Å². The van der Waals surface area contributed by atoms with Crippen molar-refractivity contribution in [3.8, 4) is 0 Å². The van der Waals surface area contributed by atoms with Crippen LogP contribution in [0.4, 0.5) is 0 Å². The van der Waals surface area contributed by atoms with Gasteiger partial charge in [0.2, 0.25) is 0 Å². The maximum absolute atomic E-state index is 9.90. The Bertz CT molecular complexity index is 242. The van der Waals surface area contributed by atoms with Crippen LogP contribution in [0, 0.1) is 0 Å². The molecule has 0 aromatic heterocycles. The van der Waals surface area contributed by atoms with Gasteiger partial charge in [0.15, 0.2) is 12.1 Å². The third-order valence-electron chi connectivity index (χ3n) is 2.01. The Morgan fingerprint density at radius 2 is 1.50 bits per heavy atom. The Morgan fingerprint density at radius 1 is 1.11 bits per heavy atom. The van der Waals surface area contributed by atoms with Gasteiger partial charge in [-0.25, -0.2) is 0 Å². The first-order valence-electron chi connectivity index (χ1n) is 5.15. The van der Waals surface area contributed by atoms with E-state index in [-0.39, 0.29) is 12.1 Å². The van der Waals surface area contributed by atoms with Crippen LogP contribution in [0.15, 0.2) is 0 Å². The second-order valence-corrected chi connectivity index (χ2v) is 3.64. The Hall–Kier alpha value is -0.900. The Balaban J connectivity index is 0. The van der Waals surface area contributed by atoms with Crippen LogP contribution in [0.3, 0.4) is 0 Å². The van der Waals surface area contributed by atoms with Crippen molar-refractivity contribution >= 4 is 12.1 Å². The molecule has 6 N–H and O–H groups in total. The van der Waals surface area contributed by atoms with Crippen LogP contribution >= 0.6 is 0 Å². The van der Waals surface area contributed by atoms with Gasteiger partial charge >= 0.3 is 0 Å². The Kier molecular flexibility index (Phi) is 10.9. The first-order valence-corrected chi connectivity index (χ1v) is 5.15. The van der Waals surface area contributed by atoms with Gasteiger partial charge in [0.1, 0.15) is 30.5 Å². The molecule has 0 fully saturated rings. The van der Waals surface area contributed by atoms with Gasteiger partial charge in [0.25, 0.3) is 0 Å². The molecule has 18 heavy (non-hydrogen) atoms. The average molecular weight is 268 g/mol. The molecule has 0 aromatic carbocycles. The van der Waals surface area contributed by atoms with Crippen molar-refractivity contribution in [1.82, 2.24) is 0 Å². The topological polar surface area (TPSA) is 156 Å². The number of rotatable bonds is 6. The van der Waals surface area contributed by atoms with Crippen molar-refractivity contribution in [1.29, 1.82) is 0 Å². The number of hydrogen-bond acceptors (Lipinski definition) is 8. The number of carbonyl (C=O) groups excluding carboxylic acids is 2. The van der Waals surface area contributed by atoms with Gasteiger partial charge in [-0.15, -0.1) is 0 Å². The van der Waals surface area contributed by atoms with Gasteiger partial charge < -0.3 is 35.4 Å². The van der Waals surface area contributed by atoms with Crippen LogP contribution in [-0.2, 0) is 9.59 Å². The maximum atomic E-state index is 9.90. The zero-order chi connectivity index (χ0) is 14.9. The Labute approximate surface area is 104 Å². The molecule has 0 rings (SSSR count). The summed E-state index contributed by atoms with van der Waals surface area (Å²) in [5, 5.41) is 51.8. The highest BCUT2D eigenvalue weighted by molar-refractivity contribution is 5.79. The van der Waals surface area contributed by atoms with Crippen molar-refractivity contribution in [2.24, 2.45) is 0 Å². The molecule has 108 valence electrons. The van der Waals surface area contributed by atoms with Crippen LogP contribution in [0.1, 0.15) is 13.8 Å². The summed E-state index contributed by atoms with van der Waals surface area (Å²) in [6.45, 7) is 2.04. The van der Waals surface area contributed by atoms with E-state index in [4.69, 9.17) is 30.6 Å². The summed E-state index contributed by atoms with van der Waals surface area (Å²) in [4.78, 5) is 19.8. The predicted molar refractivity (Wildman–Crippen MR) is 59.5 cm³/mol. The number of carbonyl (C=O) groups is 2. The smallest absolute Gasteiger partial charge is 0.157 e. The second kappa shape index (κ2) is 10.1. The summed E-state index contributed by atoms with van der Waals surface area (Å²) < 4.78 is 0. The number of hydrogen-bond donors (Lipinski definition) is 6. The molecule has 0 aliphatic carbocycles. The number of aliphatic hydroxyl groups excluding tert-OH is 6. The summed E-state index contributed by atoms with van der Waals surface area (Å²) >= 11 is 0. The van der Waals surface area contributed by atoms with Gasteiger partial charge in [-0.05, 0) is 13.8 Å². The summed E-state index contributed by atoms with van der Waals surface area (Å²) in [5.74, 6) is -0.185. The number of aliphatic hydroxyl groups is 6. The van der Waals surface area contributed by atoms with Gasteiger partial charge in [-0.2, -0.15) is 0 Å². The summed E-state index contributed by atoms with van der Waals surface area (Å²) in [6.07, 6.45) is -7.63. The van der Waals surface area contributed by atoms with Gasteiger partial charge in [-0.1, -0.05) is 0 Å². The van der Waals surface area contributed by atoms with Crippen LogP contribution in [0.5, 0.6) is 0 Å². The van der Waals surface area contributed by atoms with Crippen molar-refractivity contribution < 1.29 is 40.2 Å². The molecular weight excluding hydrogens is 248 g/mol. The van der Waals surface area contributed by atoms with Crippen molar-refractivity contribution in [2.45, 2.75) is 44.4 Å². The monoisotopic (exact) mass is 268 g/mol. The third kappa shape index (κ3) is 8.23. The molecule has 0 saturated carbocycles. The van der Waals surface area contributed by atoms with Crippen LogP contribution in [-0.4, -0.2) is 79.8 Å². The van der Waals surface area contributed by atoms with Gasteiger partial charge in [0.05, 0.1) is 6.61 Å². The second-order valence-electron chi connectivity index (χ2n) is 3.64. The molecule has 8 nitrogen and oxygen atoms in total. The molecule has 0 amide bonds. The molecule has 1 unspecified atom stereocenters. The van der Waals surface area contributed by atoms with Crippen LogP contribution < -0.4 is 0 Å². The lowest BCUT2D eigenvalue weighted by Crippen LogP contribution is -2.46. The highest BCUT2D eigenvalue weighted by Gasteiger charge is 2.29. The van der Waals surface area contributed by atoms with E-state index < -0.39 is 37.1 Å². The van der Waals surface area contributed by atoms with Crippen LogP contribution in [0.25, 0.3) is 0 Å². The molecule has 0 spiro atoms. The zero-order valence-corrected chi connectivity index (χ0v) is 10.2. The van der Waals surface area contributed by atoms with E-state index in [1.165, 1.54) is 13.8 Å². The molecule has 0 aromatic rings. The number of aldehydes is 1. The summed E-state index contributed by atoms with van der Waals surface area (Å²) in [7, 11) is 0. The fourth-order valence-electron chi connectivity index (χ4n) is 0.618. The minimum atomic E-state index is -1.79. The average Bonchev–Trinajstić information content (AvgIpc) is 2.35. The quantitative estimate of drug-likeness (QED) is 0.272. The highest BCUT2D eigenvalue weighted by atomic mass is 16.4. The van der Waals surface area contributed by atoms with E-state index in [1.54, 1.807) is 0 Å². The molecule has 0 aliphatic heterocycles. The number of ketones is 1. The first-order chi connectivity index (χ1) is 8.18. The van der Waals surface area contributed by atoms with Crippen LogP contribution in [0.2, 0.25) is 0 Å². The zero-order valence-electron chi connectivity index (χ0n) is 10.2. The molecule has 5 atom stereocenters. The molecule has 0 bridgehead atoms. The molecule has 0 aliphatic rings. The fourth-order valence-corrected chi connectivity index (χ4v) is 0.618. The number of Topliss-reactive ketones (excluding diaryl/α,β-unsaturated/α-hetero) is 1. The molecule has 8 heteroatoms.